The van der Waals surface area contributed by atoms with Gasteiger partial charge in [0, 0.05) is 25.0 Å². The average molecular weight is 424 g/mol. The van der Waals surface area contributed by atoms with Crippen LogP contribution in [0.1, 0.15) is 30.1 Å². The zero-order valence-corrected chi connectivity index (χ0v) is 17.4. The molecule has 3 aromatic rings. The van der Waals surface area contributed by atoms with Crippen molar-refractivity contribution in [2.45, 2.75) is 26.3 Å². The van der Waals surface area contributed by atoms with E-state index in [1.165, 1.54) is 11.5 Å². The Hall–Kier alpha value is -3.69. The summed E-state index contributed by atoms with van der Waals surface area (Å²) in [5.74, 6) is 0.877. The molecule has 10 heteroatoms. The van der Waals surface area contributed by atoms with Crippen LogP contribution >= 0.6 is 0 Å². The number of hydrogen-bond donors (Lipinski definition) is 1. The minimum absolute atomic E-state index is 0.252. The Balaban J connectivity index is 1.46. The Bertz CT molecular complexity index is 1160. The van der Waals surface area contributed by atoms with Gasteiger partial charge in [0.2, 0.25) is 5.91 Å². The number of anilines is 2. The highest BCUT2D eigenvalue weighted by Crippen LogP contribution is 2.21. The van der Waals surface area contributed by atoms with E-state index in [9.17, 15) is 14.4 Å². The van der Waals surface area contributed by atoms with Gasteiger partial charge < -0.3 is 15.0 Å². The van der Waals surface area contributed by atoms with Crippen molar-refractivity contribution in [2.24, 2.45) is 5.92 Å². The number of nitrogens with one attached hydrogen (secondary N) is 1. The van der Waals surface area contributed by atoms with Crippen molar-refractivity contribution in [1.29, 1.82) is 0 Å². The molecule has 31 heavy (non-hydrogen) atoms. The van der Waals surface area contributed by atoms with E-state index in [1.807, 2.05) is 0 Å². The first-order chi connectivity index (χ1) is 14.9. The van der Waals surface area contributed by atoms with E-state index < -0.39 is 17.6 Å². The highest BCUT2D eigenvalue weighted by molar-refractivity contribution is 5.92. The fourth-order valence-corrected chi connectivity index (χ4v) is 3.56. The molecular formula is C21H24N6O4. The first-order valence-corrected chi connectivity index (χ1v) is 10.1. The second-order valence-corrected chi connectivity index (χ2v) is 7.68. The predicted octanol–water partition coefficient (Wildman–Crippen LogP) is 1.55. The first kappa shape index (κ1) is 20.6. The van der Waals surface area contributed by atoms with Gasteiger partial charge in [-0.05, 0) is 49.1 Å². The number of nitrogens with zero attached hydrogens (tertiary/aromatic N) is 5. The van der Waals surface area contributed by atoms with Crippen LogP contribution in [-0.2, 0) is 16.1 Å². The van der Waals surface area contributed by atoms with Gasteiger partial charge in [-0.1, -0.05) is 6.92 Å². The fraction of sp³-hybridized carbons (Fsp3) is 0.381. The molecule has 162 valence electrons. The molecule has 1 aromatic carbocycles. The van der Waals surface area contributed by atoms with Crippen LogP contribution in [0.4, 0.5) is 11.5 Å². The molecule has 0 aliphatic carbocycles. The van der Waals surface area contributed by atoms with Crippen molar-refractivity contribution < 1.29 is 14.3 Å². The van der Waals surface area contributed by atoms with E-state index in [1.54, 1.807) is 36.5 Å². The molecular weight excluding hydrogens is 400 g/mol. The summed E-state index contributed by atoms with van der Waals surface area (Å²) in [6, 6.07) is 8.07. The third-order valence-electron chi connectivity index (χ3n) is 5.43. The van der Waals surface area contributed by atoms with Gasteiger partial charge in [0.25, 0.3) is 5.78 Å². The number of ether oxygens (including phenoxy) is 1. The van der Waals surface area contributed by atoms with Crippen LogP contribution in [0, 0.1) is 5.92 Å². The van der Waals surface area contributed by atoms with Gasteiger partial charge in [-0.3, -0.25) is 4.79 Å². The Morgan fingerprint density at radius 2 is 1.87 bits per heavy atom. The number of benzene rings is 1. The van der Waals surface area contributed by atoms with Crippen molar-refractivity contribution >= 4 is 29.2 Å². The van der Waals surface area contributed by atoms with E-state index in [-0.39, 0.29) is 12.3 Å². The molecule has 0 radical (unpaired) electrons. The molecule has 0 atom stereocenters. The Morgan fingerprint density at radius 3 is 2.55 bits per heavy atom. The third kappa shape index (κ3) is 4.42. The molecule has 0 bridgehead atoms. The SMILES string of the molecule is COC(=O)c1ccc(NC(=O)Cn2nc3nc(N4CCC(C)CC4)ccn3c2=O)cc1. The first-order valence-electron chi connectivity index (χ1n) is 10.1. The summed E-state index contributed by atoms with van der Waals surface area (Å²) in [4.78, 5) is 43.2. The quantitative estimate of drug-likeness (QED) is 0.619. The number of rotatable bonds is 5. The summed E-state index contributed by atoms with van der Waals surface area (Å²) in [5.41, 5.74) is 0.439. The lowest BCUT2D eigenvalue weighted by molar-refractivity contribution is -0.117. The van der Waals surface area contributed by atoms with Crippen molar-refractivity contribution in [3.05, 3.63) is 52.6 Å². The molecule has 1 fully saturated rings. The molecule has 0 unspecified atom stereocenters. The molecule has 2 aromatic heterocycles. The second-order valence-electron chi connectivity index (χ2n) is 7.68. The number of piperidine rings is 1. The minimum Gasteiger partial charge on any atom is -0.465 e. The number of hydrogen-bond acceptors (Lipinski definition) is 7. The van der Waals surface area contributed by atoms with Gasteiger partial charge in [-0.2, -0.15) is 4.98 Å². The molecule has 0 spiro atoms. The lowest BCUT2D eigenvalue weighted by Crippen LogP contribution is -2.33. The summed E-state index contributed by atoms with van der Waals surface area (Å²) in [6.07, 6.45) is 3.86. The lowest BCUT2D eigenvalue weighted by Gasteiger charge is -2.30. The maximum atomic E-state index is 12.6. The van der Waals surface area contributed by atoms with Crippen LogP contribution in [-0.4, -0.2) is 51.2 Å². The van der Waals surface area contributed by atoms with Crippen LogP contribution in [0.3, 0.4) is 0 Å². The number of carbonyl (C=O) groups is 2. The van der Waals surface area contributed by atoms with E-state index in [0.717, 1.165) is 36.4 Å². The van der Waals surface area contributed by atoms with E-state index in [0.29, 0.717) is 17.2 Å². The lowest BCUT2D eigenvalue weighted by atomic mass is 9.99. The van der Waals surface area contributed by atoms with Crippen LogP contribution in [0.15, 0.2) is 41.3 Å². The zero-order chi connectivity index (χ0) is 22.0. The monoisotopic (exact) mass is 424 g/mol. The van der Waals surface area contributed by atoms with Crippen molar-refractivity contribution in [2.75, 3.05) is 30.4 Å². The number of aromatic nitrogens is 4. The van der Waals surface area contributed by atoms with Gasteiger partial charge in [0.15, 0.2) is 0 Å². The van der Waals surface area contributed by atoms with Gasteiger partial charge in [-0.25, -0.2) is 18.7 Å². The number of methoxy groups -OCH3 is 1. The predicted molar refractivity (Wildman–Crippen MR) is 114 cm³/mol. The van der Waals surface area contributed by atoms with Gasteiger partial charge in [0.1, 0.15) is 12.4 Å². The topological polar surface area (TPSA) is 111 Å². The fourth-order valence-electron chi connectivity index (χ4n) is 3.56. The Labute approximate surface area is 178 Å². The molecule has 4 rings (SSSR count). The summed E-state index contributed by atoms with van der Waals surface area (Å²) < 4.78 is 7.06. The second kappa shape index (κ2) is 8.58. The van der Waals surface area contributed by atoms with Gasteiger partial charge in [0.05, 0.1) is 12.7 Å². The van der Waals surface area contributed by atoms with Crippen molar-refractivity contribution in [1.82, 2.24) is 19.2 Å². The number of carbonyl (C=O) groups excluding carboxylic acids is 2. The zero-order valence-electron chi connectivity index (χ0n) is 17.4. The van der Waals surface area contributed by atoms with E-state index >= 15 is 0 Å². The largest absolute Gasteiger partial charge is 0.465 e. The molecule has 1 amide bonds. The molecule has 3 heterocycles. The average Bonchev–Trinajstić information content (AvgIpc) is 3.08. The van der Waals surface area contributed by atoms with Crippen LogP contribution in [0.2, 0.25) is 0 Å². The maximum absolute atomic E-state index is 12.6. The minimum atomic E-state index is -0.458. The molecule has 0 saturated carbocycles. The van der Waals surface area contributed by atoms with Crippen LogP contribution < -0.4 is 15.9 Å². The molecule has 1 aliphatic rings. The van der Waals surface area contributed by atoms with E-state index in [2.05, 4.69) is 32.0 Å². The molecule has 1 saturated heterocycles. The van der Waals surface area contributed by atoms with Crippen LogP contribution in [0.5, 0.6) is 0 Å². The Kier molecular flexibility index (Phi) is 5.70. The van der Waals surface area contributed by atoms with Gasteiger partial charge >= 0.3 is 11.7 Å². The highest BCUT2D eigenvalue weighted by Gasteiger charge is 2.19. The highest BCUT2D eigenvalue weighted by atomic mass is 16.5. The smallest absolute Gasteiger partial charge is 0.352 e. The summed E-state index contributed by atoms with van der Waals surface area (Å²) in [5, 5.41) is 6.90. The number of amides is 1. The maximum Gasteiger partial charge on any atom is 0.352 e. The Morgan fingerprint density at radius 1 is 1.16 bits per heavy atom. The molecule has 1 N–H and O–H groups in total. The summed E-state index contributed by atoms with van der Waals surface area (Å²) in [7, 11) is 1.30. The van der Waals surface area contributed by atoms with Crippen molar-refractivity contribution in [3.63, 3.8) is 0 Å². The van der Waals surface area contributed by atoms with Gasteiger partial charge in [-0.15, -0.1) is 5.10 Å². The molecule has 10 nitrogen and oxygen atoms in total. The molecule has 1 aliphatic heterocycles. The van der Waals surface area contributed by atoms with Crippen molar-refractivity contribution in [3.8, 4) is 0 Å². The summed E-state index contributed by atoms with van der Waals surface area (Å²) >= 11 is 0. The number of fused-ring (bicyclic) bond motifs is 1. The third-order valence-corrected chi connectivity index (χ3v) is 5.43. The normalized spacial score (nSPS) is 14.6. The number of esters is 1. The standard InChI is InChI=1S/C21H24N6O4/c1-14-7-10-25(11-8-14)17-9-12-26-20(23-17)24-27(21(26)30)13-18(28)22-16-5-3-15(4-6-16)19(29)31-2/h3-6,9,12,14H,7-8,10-11,13H2,1-2H3,(H,22,28). The van der Waals surface area contributed by atoms with Crippen LogP contribution in [0.25, 0.3) is 5.78 Å². The summed E-state index contributed by atoms with van der Waals surface area (Å²) in [6.45, 7) is 3.84. The van der Waals surface area contributed by atoms with E-state index in [4.69, 9.17) is 0 Å².